The lowest BCUT2D eigenvalue weighted by atomic mass is 10.1. The number of hydrogen-bond acceptors (Lipinski definition) is 3. The minimum absolute atomic E-state index is 0.0283. The number of benzene rings is 2. The number of ether oxygens (including phenoxy) is 2. The number of anilines is 1. The second-order valence-corrected chi connectivity index (χ2v) is 6.37. The Balaban J connectivity index is 2.05. The first-order chi connectivity index (χ1) is 11.4. The lowest BCUT2D eigenvalue weighted by Crippen LogP contribution is -2.30. The zero-order valence-electron chi connectivity index (χ0n) is 13.5. The van der Waals surface area contributed by atoms with Gasteiger partial charge in [0.2, 0.25) is 0 Å². The molecule has 0 bridgehead atoms. The van der Waals surface area contributed by atoms with Crippen LogP contribution in [0.5, 0.6) is 11.5 Å². The van der Waals surface area contributed by atoms with E-state index in [0.717, 1.165) is 11.3 Å². The van der Waals surface area contributed by atoms with E-state index in [4.69, 9.17) is 44.9 Å². The molecule has 0 aliphatic heterocycles. The topological polar surface area (TPSA) is 42.5 Å². The van der Waals surface area contributed by atoms with Crippen LogP contribution in [-0.4, -0.2) is 19.3 Å². The fourth-order valence-electron chi connectivity index (χ4n) is 2.20. The standard InChI is InChI=1S/C17H18Cl2N2O2S/c1-10(11-4-5-15(22-2)16(6-11)23-3)20-17(24)21-14-8-12(18)7-13(19)9-14/h4-10H,1-3H3,(H2,20,21,24). The van der Waals surface area contributed by atoms with E-state index in [1.54, 1.807) is 32.4 Å². The highest BCUT2D eigenvalue weighted by atomic mass is 35.5. The van der Waals surface area contributed by atoms with Crippen LogP contribution in [0.3, 0.4) is 0 Å². The summed E-state index contributed by atoms with van der Waals surface area (Å²) in [6.07, 6.45) is 0. The maximum absolute atomic E-state index is 5.98. The molecule has 0 spiro atoms. The van der Waals surface area contributed by atoms with E-state index in [0.29, 0.717) is 26.7 Å². The Morgan fingerprint density at radius 1 is 1.00 bits per heavy atom. The number of halogens is 2. The highest BCUT2D eigenvalue weighted by molar-refractivity contribution is 7.80. The van der Waals surface area contributed by atoms with E-state index < -0.39 is 0 Å². The van der Waals surface area contributed by atoms with E-state index in [1.165, 1.54) is 0 Å². The Morgan fingerprint density at radius 2 is 1.62 bits per heavy atom. The van der Waals surface area contributed by atoms with Crippen molar-refractivity contribution in [3.8, 4) is 11.5 Å². The molecule has 0 radical (unpaired) electrons. The third kappa shape index (κ3) is 4.90. The molecule has 7 heteroatoms. The molecule has 0 heterocycles. The molecular formula is C17H18Cl2N2O2S. The van der Waals surface area contributed by atoms with Gasteiger partial charge in [-0.2, -0.15) is 0 Å². The number of methoxy groups -OCH3 is 2. The van der Waals surface area contributed by atoms with Crippen molar-refractivity contribution < 1.29 is 9.47 Å². The monoisotopic (exact) mass is 384 g/mol. The van der Waals surface area contributed by atoms with Crippen LogP contribution in [0.1, 0.15) is 18.5 Å². The Bertz CT molecular complexity index is 720. The fourth-order valence-corrected chi connectivity index (χ4v) is 3.02. The molecule has 0 fully saturated rings. The largest absolute Gasteiger partial charge is 0.493 e. The average molecular weight is 385 g/mol. The average Bonchev–Trinajstić information content (AvgIpc) is 2.52. The van der Waals surface area contributed by atoms with E-state index in [1.807, 2.05) is 25.1 Å². The normalized spacial score (nSPS) is 11.5. The van der Waals surface area contributed by atoms with Crippen molar-refractivity contribution in [1.29, 1.82) is 0 Å². The third-order valence-electron chi connectivity index (χ3n) is 3.38. The molecule has 4 nitrogen and oxygen atoms in total. The maximum atomic E-state index is 5.98. The zero-order chi connectivity index (χ0) is 17.7. The summed E-state index contributed by atoms with van der Waals surface area (Å²) in [4.78, 5) is 0. The summed E-state index contributed by atoms with van der Waals surface area (Å²) in [6.45, 7) is 2.00. The van der Waals surface area contributed by atoms with Gasteiger partial charge in [0.1, 0.15) is 0 Å². The van der Waals surface area contributed by atoms with Gasteiger partial charge in [-0.3, -0.25) is 0 Å². The van der Waals surface area contributed by atoms with Gasteiger partial charge in [0.05, 0.1) is 20.3 Å². The van der Waals surface area contributed by atoms with Crippen molar-refractivity contribution in [2.45, 2.75) is 13.0 Å². The second-order valence-electron chi connectivity index (χ2n) is 5.09. The van der Waals surface area contributed by atoms with Crippen molar-refractivity contribution in [3.05, 3.63) is 52.0 Å². The number of hydrogen-bond donors (Lipinski definition) is 2. The molecule has 2 aromatic rings. The summed E-state index contributed by atoms with van der Waals surface area (Å²) in [5.74, 6) is 1.35. The van der Waals surface area contributed by atoms with Gasteiger partial charge in [-0.25, -0.2) is 0 Å². The molecule has 0 aromatic heterocycles. The van der Waals surface area contributed by atoms with Gasteiger partial charge in [-0.05, 0) is 55.0 Å². The summed E-state index contributed by atoms with van der Waals surface area (Å²) in [6, 6.07) is 10.9. The molecule has 2 rings (SSSR count). The summed E-state index contributed by atoms with van der Waals surface area (Å²) >= 11 is 17.3. The number of nitrogens with one attached hydrogen (secondary N) is 2. The molecule has 128 valence electrons. The predicted molar refractivity (Wildman–Crippen MR) is 104 cm³/mol. The molecule has 0 aliphatic rings. The lowest BCUT2D eigenvalue weighted by molar-refractivity contribution is 0.354. The van der Waals surface area contributed by atoms with Gasteiger partial charge >= 0.3 is 0 Å². The second kappa shape index (κ2) is 8.42. The van der Waals surface area contributed by atoms with Crippen molar-refractivity contribution in [3.63, 3.8) is 0 Å². The van der Waals surface area contributed by atoms with Crippen LogP contribution in [0.25, 0.3) is 0 Å². The van der Waals surface area contributed by atoms with E-state index in [2.05, 4.69) is 10.6 Å². The third-order valence-corrected chi connectivity index (χ3v) is 4.03. The minimum Gasteiger partial charge on any atom is -0.493 e. The van der Waals surface area contributed by atoms with Crippen LogP contribution in [0.4, 0.5) is 5.69 Å². The molecule has 2 N–H and O–H groups in total. The SMILES string of the molecule is COc1ccc(C(C)NC(=S)Nc2cc(Cl)cc(Cl)c2)cc1OC. The van der Waals surface area contributed by atoms with Crippen molar-refractivity contribution in [2.75, 3.05) is 19.5 Å². The Hall–Kier alpha value is -1.69. The highest BCUT2D eigenvalue weighted by Gasteiger charge is 2.11. The van der Waals surface area contributed by atoms with Crippen LogP contribution < -0.4 is 20.1 Å². The van der Waals surface area contributed by atoms with E-state index >= 15 is 0 Å². The van der Waals surface area contributed by atoms with E-state index in [-0.39, 0.29) is 6.04 Å². The maximum Gasteiger partial charge on any atom is 0.171 e. The van der Waals surface area contributed by atoms with Crippen molar-refractivity contribution >= 4 is 46.2 Å². The molecular weight excluding hydrogens is 367 g/mol. The summed E-state index contributed by atoms with van der Waals surface area (Å²) in [5.41, 5.74) is 1.74. The molecule has 0 saturated carbocycles. The van der Waals surface area contributed by atoms with Gasteiger partial charge < -0.3 is 20.1 Å². The first kappa shape index (κ1) is 18.6. The molecule has 1 unspecified atom stereocenters. The highest BCUT2D eigenvalue weighted by Crippen LogP contribution is 2.30. The van der Waals surface area contributed by atoms with Crippen LogP contribution >= 0.6 is 35.4 Å². The zero-order valence-corrected chi connectivity index (χ0v) is 15.9. The smallest absolute Gasteiger partial charge is 0.171 e. The van der Waals surface area contributed by atoms with Crippen molar-refractivity contribution in [1.82, 2.24) is 5.32 Å². The van der Waals surface area contributed by atoms with Crippen LogP contribution in [-0.2, 0) is 0 Å². The van der Waals surface area contributed by atoms with Gasteiger partial charge in [-0.15, -0.1) is 0 Å². The summed E-state index contributed by atoms with van der Waals surface area (Å²) in [7, 11) is 3.21. The van der Waals surface area contributed by atoms with Crippen LogP contribution in [0, 0.1) is 0 Å². The Morgan fingerprint density at radius 3 is 2.21 bits per heavy atom. The van der Waals surface area contributed by atoms with Gasteiger partial charge in [0, 0.05) is 15.7 Å². The molecule has 0 aliphatic carbocycles. The molecule has 0 saturated heterocycles. The molecule has 2 aromatic carbocycles. The first-order valence-electron chi connectivity index (χ1n) is 7.18. The molecule has 24 heavy (non-hydrogen) atoms. The number of thiocarbonyl (C=S) groups is 1. The van der Waals surface area contributed by atoms with Gasteiger partial charge in [0.15, 0.2) is 16.6 Å². The predicted octanol–water partition coefficient (Wildman–Crippen LogP) is 5.06. The molecule has 0 amide bonds. The fraction of sp³-hybridized carbons (Fsp3) is 0.235. The first-order valence-corrected chi connectivity index (χ1v) is 8.35. The van der Waals surface area contributed by atoms with Crippen LogP contribution in [0.15, 0.2) is 36.4 Å². The Kier molecular flexibility index (Phi) is 6.54. The number of rotatable bonds is 5. The summed E-state index contributed by atoms with van der Waals surface area (Å²) in [5, 5.41) is 7.83. The Labute approximate surface area is 157 Å². The van der Waals surface area contributed by atoms with E-state index in [9.17, 15) is 0 Å². The summed E-state index contributed by atoms with van der Waals surface area (Å²) < 4.78 is 10.6. The lowest BCUT2D eigenvalue weighted by Gasteiger charge is -2.19. The van der Waals surface area contributed by atoms with Gasteiger partial charge in [-0.1, -0.05) is 29.3 Å². The minimum atomic E-state index is -0.0283. The van der Waals surface area contributed by atoms with Gasteiger partial charge in [0.25, 0.3) is 0 Å². The van der Waals surface area contributed by atoms with Crippen LogP contribution in [0.2, 0.25) is 10.0 Å². The quantitative estimate of drug-likeness (QED) is 0.705. The molecule has 1 atom stereocenters. The van der Waals surface area contributed by atoms with Crippen molar-refractivity contribution in [2.24, 2.45) is 0 Å².